The molecule has 1 rings (SSSR count). The fourth-order valence-electron chi connectivity index (χ4n) is 2.25. The van der Waals surface area contributed by atoms with Crippen LogP contribution in [0.5, 0.6) is 0 Å². The van der Waals surface area contributed by atoms with E-state index in [-0.39, 0.29) is 12.3 Å². The molecule has 90 valence electrons. The van der Waals surface area contributed by atoms with E-state index in [0.717, 1.165) is 6.42 Å². The molecule has 0 radical (unpaired) electrons. The van der Waals surface area contributed by atoms with Gasteiger partial charge in [0.25, 0.3) is 0 Å². The summed E-state index contributed by atoms with van der Waals surface area (Å²) in [4.78, 5) is 1.59. The Balaban J connectivity index is 2.85. The van der Waals surface area contributed by atoms with Gasteiger partial charge in [-0.15, -0.1) is 0 Å². The Hall–Kier alpha value is -0.250. The monoisotopic (exact) mass is 223 g/mol. The van der Waals surface area contributed by atoms with Gasteiger partial charge in [0, 0.05) is 5.54 Å². The summed E-state index contributed by atoms with van der Waals surface area (Å²) in [5.74, 6) is 0.176. The van der Waals surface area contributed by atoms with Crippen LogP contribution in [0.15, 0.2) is 0 Å². The SMILES string of the molecule is C[C@H]1CCN(C(C)(C)C)[C@@H](C(F)(F)F)C1. The molecule has 0 aromatic heterocycles. The first-order valence-corrected chi connectivity index (χ1v) is 5.46. The van der Waals surface area contributed by atoms with Crippen LogP contribution in [0.3, 0.4) is 0 Å². The molecule has 0 spiro atoms. The molecule has 0 N–H and O–H groups in total. The molecule has 1 aliphatic rings. The van der Waals surface area contributed by atoms with Crippen molar-refractivity contribution in [2.24, 2.45) is 5.92 Å². The highest BCUT2D eigenvalue weighted by atomic mass is 19.4. The van der Waals surface area contributed by atoms with Crippen LogP contribution in [0.2, 0.25) is 0 Å². The normalized spacial score (nSPS) is 30.6. The maximum absolute atomic E-state index is 12.9. The van der Waals surface area contributed by atoms with E-state index in [2.05, 4.69) is 0 Å². The molecule has 0 aromatic carbocycles. The number of hydrogen-bond acceptors (Lipinski definition) is 1. The van der Waals surface area contributed by atoms with Gasteiger partial charge in [0.05, 0.1) is 0 Å². The number of alkyl halides is 3. The van der Waals surface area contributed by atoms with Crippen LogP contribution in [-0.4, -0.2) is 29.2 Å². The van der Waals surface area contributed by atoms with Crippen LogP contribution in [0.4, 0.5) is 13.2 Å². The van der Waals surface area contributed by atoms with Crippen molar-refractivity contribution in [1.82, 2.24) is 4.90 Å². The topological polar surface area (TPSA) is 3.24 Å². The van der Waals surface area contributed by atoms with Crippen molar-refractivity contribution in [2.45, 2.75) is 58.3 Å². The number of rotatable bonds is 0. The quantitative estimate of drug-likeness (QED) is 0.608. The summed E-state index contributed by atoms with van der Waals surface area (Å²) >= 11 is 0. The van der Waals surface area contributed by atoms with Gasteiger partial charge < -0.3 is 0 Å². The summed E-state index contributed by atoms with van der Waals surface area (Å²) in [6.07, 6.45) is -2.99. The standard InChI is InChI=1S/C11H20F3N/c1-8-5-6-15(10(2,3)4)9(7-8)11(12,13)14/h8-9H,5-7H2,1-4H3/t8-,9+/m0/s1. The molecular weight excluding hydrogens is 203 g/mol. The van der Waals surface area contributed by atoms with E-state index in [1.807, 2.05) is 27.7 Å². The van der Waals surface area contributed by atoms with Gasteiger partial charge in [-0.2, -0.15) is 13.2 Å². The Morgan fingerprint density at radius 3 is 2.07 bits per heavy atom. The molecular formula is C11H20F3N. The second kappa shape index (κ2) is 3.96. The second-order valence-corrected chi connectivity index (χ2v) is 5.55. The summed E-state index contributed by atoms with van der Waals surface area (Å²) in [5, 5.41) is 0. The lowest BCUT2D eigenvalue weighted by Gasteiger charge is -2.46. The molecule has 1 fully saturated rings. The minimum Gasteiger partial charge on any atom is -0.287 e. The minimum atomic E-state index is -4.10. The zero-order chi connectivity index (χ0) is 11.9. The zero-order valence-electron chi connectivity index (χ0n) is 9.86. The predicted octanol–water partition coefficient (Wildman–Crippen LogP) is 3.45. The lowest BCUT2D eigenvalue weighted by Crippen LogP contribution is -2.57. The van der Waals surface area contributed by atoms with Crippen molar-refractivity contribution in [3.63, 3.8) is 0 Å². The zero-order valence-corrected chi connectivity index (χ0v) is 9.86. The fraction of sp³-hybridized carbons (Fsp3) is 1.00. The largest absolute Gasteiger partial charge is 0.404 e. The molecule has 1 heterocycles. The molecule has 0 bridgehead atoms. The van der Waals surface area contributed by atoms with E-state index in [0.29, 0.717) is 6.54 Å². The molecule has 1 aliphatic heterocycles. The van der Waals surface area contributed by atoms with Crippen molar-refractivity contribution in [3.05, 3.63) is 0 Å². The van der Waals surface area contributed by atoms with Crippen LogP contribution in [0.1, 0.15) is 40.5 Å². The van der Waals surface area contributed by atoms with Crippen LogP contribution < -0.4 is 0 Å². The lowest BCUT2D eigenvalue weighted by molar-refractivity contribution is -0.208. The molecule has 1 nitrogen and oxygen atoms in total. The average molecular weight is 223 g/mol. The highest BCUT2D eigenvalue weighted by Crippen LogP contribution is 2.37. The fourth-order valence-corrected chi connectivity index (χ4v) is 2.25. The van der Waals surface area contributed by atoms with Crippen molar-refractivity contribution >= 4 is 0 Å². The number of hydrogen-bond donors (Lipinski definition) is 0. The third-order valence-electron chi connectivity index (χ3n) is 3.10. The first-order valence-electron chi connectivity index (χ1n) is 5.46. The smallest absolute Gasteiger partial charge is 0.287 e. The summed E-state index contributed by atoms with van der Waals surface area (Å²) in [7, 11) is 0. The minimum absolute atomic E-state index is 0.176. The number of halogens is 3. The molecule has 0 aromatic rings. The van der Waals surface area contributed by atoms with Gasteiger partial charge in [-0.3, -0.25) is 4.90 Å². The molecule has 2 atom stereocenters. The van der Waals surface area contributed by atoms with E-state index < -0.39 is 17.8 Å². The highest BCUT2D eigenvalue weighted by Gasteiger charge is 2.48. The first kappa shape index (κ1) is 12.8. The third kappa shape index (κ3) is 3.10. The average Bonchev–Trinajstić information content (AvgIpc) is 2.00. The Morgan fingerprint density at radius 2 is 1.67 bits per heavy atom. The molecule has 4 heteroatoms. The Labute approximate surface area is 89.6 Å². The first-order chi connectivity index (χ1) is 6.62. The third-order valence-corrected chi connectivity index (χ3v) is 3.10. The Kier molecular flexibility index (Phi) is 3.39. The summed E-state index contributed by atoms with van der Waals surface area (Å²) in [6.45, 7) is 8.00. The lowest BCUT2D eigenvalue weighted by atomic mass is 9.88. The van der Waals surface area contributed by atoms with Crippen molar-refractivity contribution in [2.75, 3.05) is 6.54 Å². The van der Waals surface area contributed by atoms with E-state index in [9.17, 15) is 13.2 Å². The Morgan fingerprint density at radius 1 is 1.13 bits per heavy atom. The van der Waals surface area contributed by atoms with Gasteiger partial charge in [0.2, 0.25) is 0 Å². The van der Waals surface area contributed by atoms with E-state index in [4.69, 9.17) is 0 Å². The summed E-state index contributed by atoms with van der Waals surface area (Å²) in [5.41, 5.74) is -0.402. The molecule has 0 unspecified atom stereocenters. The molecule has 0 aliphatic carbocycles. The van der Waals surface area contributed by atoms with Crippen molar-refractivity contribution < 1.29 is 13.2 Å². The van der Waals surface area contributed by atoms with Crippen LogP contribution in [0.25, 0.3) is 0 Å². The van der Waals surface area contributed by atoms with Gasteiger partial charge in [-0.05, 0) is 46.1 Å². The van der Waals surface area contributed by atoms with Crippen LogP contribution >= 0.6 is 0 Å². The second-order valence-electron chi connectivity index (χ2n) is 5.55. The van der Waals surface area contributed by atoms with Gasteiger partial charge in [0.1, 0.15) is 6.04 Å². The predicted molar refractivity (Wildman–Crippen MR) is 54.7 cm³/mol. The van der Waals surface area contributed by atoms with Gasteiger partial charge in [0.15, 0.2) is 0 Å². The highest BCUT2D eigenvalue weighted by molar-refractivity contribution is 4.91. The molecule has 1 saturated heterocycles. The molecule has 15 heavy (non-hydrogen) atoms. The number of piperidine rings is 1. The molecule has 0 saturated carbocycles. The van der Waals surface area contributed by atoms with E-state index in [1.165, 1.54) is 0 Å². The molecule has 0 amide bonds. The maximum Gasteiger partial charge on any atom is 0.404 e. The number of likely N-dealkylation sites (tertiary alicyclic amines) is 1. The van der Waals surface area contributed by atoms with Crippen molar-refractivity contribution in [3.8, 4) is 0 Å². The van der Waals surface area contributed by atoms with Crippen molar-refractivity contribution in [1.29, 1.82) is 0 Å². The van der Waals surface area contributed by atoms with Gasteiger partial charge >= 0.3 is 6.18 Å². The Bertz CT molecular complexity index is 217. The summed E-state index contributed by atoms with van der Waals surface area (Å²) in [6, 6.07) is -1.26. The van der Waals surface area contributed by atoms with Crippen LogP contribution in [0, 0.1) is 5.92 Å². The van der Waals surface area contributed by atoms with E-state index >= 15 is 0 Å². The van der Waals surface area contributed by atoms with Crippen LogP contribution in [-0.2, 0) is 0 Å². The number of nitrogens with zero attached hydrogens (tertiary/aromatic N) is 1. The van der Waals surface area contributed by atoms with Gasteiger partial charge in [-0.1, -0.05) is 6.92 Å². The van der Waals surface area contributed by atoms with E-state index in [1.54, 1.807) is 4.90 Å². The van der Waals surface area contributed by atoms with Gasteiger partial charge in [-0.25, -0.2) is 0 Å². The summed E-state index contributed by atoms with van der Waals surface area (Å²) < 4.78 is 38.6. The maximum atomic E-state index is 12.9.